The number of aliphatic hydroxyl groups excluding tert-OH is 1. The number of urea groups is 1. The molecule has 6 aliphatic rings. The number of hydrogen-bond acceptors (Lipinski definition) is 27. The number of benzene rings is 4. The number of aliphatic carboxylic acids is 4. The number of carbonyl (C=O) groups excluding carboxylic acids is 12. The molecule has 5 aromatic rings. The van der Waals surface area contributed by atoms with Crippen LogP contribution in [0.15, 0.2) is 109 Å². The number of aromatic nitrogens is 1. The zero-order chi connectivity index (χ0) is 96.6. The van der Waals surface area contributed by atoms with Gasteiger partial charge in [0.05, 0.1) is 81.5 Å². The Morgan fingerprint density at radius 2 is 1.37 bits per heavy atom. The van der Waals surface area contributed by atoms with Crippen molar-refractivity contribution in [1.82, 2.24) is 47.1 Å². The van der Waals surface area contributed by atoms with Gasteiger partial charge < -0.3 is 107 Å². The van der Waals surface area contributed by atoms with Gasteiger partial charge in [0.2, 0.25) is 23.6 Å². The fourth-order valence-corrected chi connectivity index (χ4v) is 22.2. The molecule has 0 radical (unpaired) electrons. The maximum absolute atomic E-state index is 14.7. The van der Waals surface area contributed by atoms with Gasteiger partial charge in [0.1, 0.15) is 36.1 Å². The Labute approximate surface area is 771 Å². The molecule has 2 saturated heterocycles. The highest BCUT2D eigenvalue weighted by molar-refractivity contribution is 8.76. The molecular formula is C92H121N12O26S2+. The second-order valence-corrected chi connectivity index (χ2v) is 37.1. The summed E-state index contributed by atoms with van der Waals surface area (Å²) in [5.74, 6) is -11.4. The molecule has 6 heterocycles. The first-order chi connectivity index (χ1) is 62.9. The van der Waals surface area contributed by atoms with Crippen molar-refractivity contribution in [2.75, 3.05) is 89.5 Å². The number of H-pyrrole nitrogens is 1. The molecule has 2 unspecified atom stereocenters. The molecule has 716 valence electrons. The van der Waals surface area contributed by atoms with Crippen molar-refractivity contribution in [2.24, 2.45) is 23.0 Å². The summed E-state index contributed by atoms with van der Waals surface area (Å²) in [4.78, 5) is 201. The summed E-state index contributed by atoms with van der Waals surface area (Å²) in [7, 11) is 6.25. The number of ether oxygens (including phenoxy) is 3. The normalized spacial score (nSPS) is 23.8. The fourth-order valence-electron chi connectivity index (χ4n) is 20.2. The number of para-hydroxylation sites is 1. The summed E-state index contributed by atoms with van der Waals surface area (Å²) in [6.45, 7) is 12.7. The average Bonchev–Trinajstić information content (AvgIpc) is 1.47. The lowest BCUT2D eigenvalue weighted by molar-refractivity contribution is -0.987. The van der Waals surface area contributed by atoms with Crippen LogP contribution in [0.25, 0.3) is 10.9 Å². The molecule has 17 N–H and O–H groups in total. The summed E-state index contributed by atoms with van der Waals surface area (Å²) in [5, 5.41) is 93.5. The topological polar surface area (TPSA) is 575 Å². The van der Waals surface area contributed by atoms with Crippen molar-refractivity contribution in [2.45, 2.75) is 208 Å². The van der Waals surface area contributed by atoms with E-state index in [1.807, 2.05) is 25.8 Å². The van der Waals surface area contributed by atoms with Crippen molar-refractivity contribution >= 4 is 128 Å². The number of carboxylic acid groups (broad SMARTS) is 4. The number of ketones is 3. The summed E-state index contributed by atoms with van der Waals surface area (Å²) < 4.78 is 16.8. The number of Topliss-reactive ketones (excluding diaryl/α,β-unsaturated/α-hetero) is 3. The van der Waals surface area contributed by atoms with E-state index >= 15 is 0 Å². The van der Waals surface area contributed by atoms with Crippen LogP contribution in [-0.2, 0) is 107 Å². The number of amides is 7. The summed E-state index contributed by atoms with van der Waals surface area (Å²) in [6.07, 6.45) is 1.38. The van der Waals surface area contributed by atoms with Gasteiger partial charge in [0.25, 0.3) is 6.47 Å². The SMILES string of the molecule is CCOC(=O)NCC(=O)[C@]1(O)C2N(C)c3cc(OC)c([C@]4(C)c5[nH]c6ccccc6c5CC[N+]45CCC[C@@](O)(CC)C5)cc3[C@@]23CCN2CC=C[C@@](CC)([C@H]1O)[C@H]23.CCSSC[C@H](CC(=O)[C@H](CC(=O)O)NC(=O)[C@@H](N)CNC(=O)[C@@H](CC(=O)[C@H](Cc1ccccc1)NC(=O)CCNC(=O)CC[C@H](NC(=O)N[C@@H](CCC(=O)O)OC=O)C(=O)O)Cc1ccccc1)C(=O)O.O=C=O. The number of alkyl carbamates (subject to hydrolysis) is 1. The van der Waals surface area contributed by atoms with E-state index in [1.54, 1.807) is 74.7 Å². The number of methoxy groups -OCH3 is 1. The molecule has 40 heteroatoms. The molecule has 16 atom stereocenters. The van der Waals surface area contributed by atoms with Gasteiger partial charge in [-0.15, -0.1) is 0 Å². The molecule has 3 fully saturated rings. The monoisotopic (exact) mass is 1870 g/mol. The summed E-state index contributed by atoms with van der Waals surface area (Å²) >= 11 is 0. The smallest absolute Gasteiger partial charge is 0.407 e. The number of hydrogen-bond donors (Lipinski definition) is 16. The second kappa shape index (κ2) is 46.6. The van der Waals surface area contributed by atoms with E-state index in [0.29, 0.717) is 59.5 Å². The number of fused-ring (bicyclic) bond motifs is 4. The largest absolute Gasteiger partial charge is 0.496 e. The highest BCUT2D eigenvalue weighted by Gasteiger charge is 2.79. The minimum atomic E-state index is -2.26. The number of anilines is 1. The molecule has 5 aliphatic heterocycles. The highest BCUT2D eigenvalue weighted by Crippen LogP contribution is 2.68. The Bertz CT molecular complexity index is 5060. The van der Waals surface area contributed by atoms with E-state index in [0.717, 1.165) is 66.9 Å². The first-order valence-electron chi connectivity index (χ1n) is 44.1. The Balaban J connectivity index is 0.000000294. The molecule has 1 aliphatic carbocycles. The van der Waals surface area contributed by atoms with Crippen LogP contribution in [0.1, 0.15) is 152 Å². The number of carboxylic acids is 4. The van der Waals surface area contributed by atoms with Crippen molar-refractivity contribution < 1.29 is 131 Å². The second-order valence-electron chi connectivity index (χ2n) is 34.3. The molecule has 2 spiro atoms. The van der Waals surface area contributed by atoms with Crippen LogP contribution in [0.2, 0.25) is 0 Å². The van der Waals surface area contributed by atoms with Crippen molar-refractivity contribution in [3.05, 3.63) is 143 Å². The highest BCUT2D eigenvalue weighted by atomic mass is 33.1. The maximum Gasteiger partial charge on any atom is 0.407 e. The van der Waals surface area contributed by atoms with E-state index in [4.69, 9.17) is 29.9 Å². The van der Waals surface area contributed by atoms with Crippen LogP contribution in [0.4, 0.5) is 15.3 Å². The van der Waals surface area contributed by atoms with Gasteiger partial charge in [-0.2, -0.15) is 9.59 Å². The number of likely N-dealkylation sites (N-methyl/N-ethyl adjacent to an activating group) is 1. The molecule has 132 heavy (non-hydrogen) atoms. The minimum Gasteiger partial charge on any atom is -0.496 e. The van der Waals surface area contributed by atoms with Gasteiger partial charge in [0.15, 0.2) is 34.7 Å². The van der Waals surface area contributed by atoms with Crippen molar-refractivity contribution in [3.63, 3.8) is 0 Å². The molecule has 0 bridgehead atoms. The molecule has 11 rings (SSSR count). The number of aromatic amines is 1. The van der Waals surface area contributed by atoms with E-state index in [-0.39, 0.29) is 63.3 Å². The van der Waals surface area contributed by atoms with Gasteiger partial charge in [0, 0.05) is 129 Å². The predicted octanol–water partition coefficient (Wildman–Crippen LogP) is 4.08. The number of nitrogens with zero attached hydrogens (tertiary/aromatic N) is 3. The minimum absolute atomic E-state index is 0.00120. The van der Waals surface area contributed by atoms with Crippen LogP contribution in [0, 0.1) is 17.3 Å². The first kappa shape index (κ1) is 104. The zero-order valence-corrected chi connectivity index (χ0v) is 76.6. The van der Waals surface area contributed by atoms with Gasteiger partial charge in [-0.25, -0.2) is 14.4 Å². The van der Waals surface area contributed by atoms with Crippen LogP contribution in [-0.4, -0.2) is 284 Å². The lowest BCUT2D eigenvalue weighted by Crippen LogP contribution is -2.81. The van der Waals surface area contributed by atoms with Crippen molar-refractivity contribution in [1.29, 1.82) is 0 Å². The van der Waals surface area contributed by atoms with Crippen LogP contribution in [0.5, 0.6) is 5.75 Å². The van der Waals surface area contributed by atoms with Gasteiger partial charge in [-0.1, -0.05) is 133 Å². The number of quaternary nitrogens is 1. The van der Waals surface area contributed by atoms with E-state index in [1.165, 1.54) is 32.5 Å². The van der Waals surface area contributed by atoms with Gasteiger partial charge in [-0.3, -0.25) is 57.6 Å². The third kappa shape index (κ3) is 23.7. The number of carbonyl (C=O) groups is 14. The van der Waals surface area contributed by atoms with E-state index < -0.39 is 211 Å². The third-order valence-corrected chi connectivity index (χ3v) is 29.1. The van der Waals surface area contributed by atoms with Gasteiger partial charge in [-0.05, 0) is 99.2 Å². The number of aliphatic hydroxyl groups is 3. The number of nitrogens with two attached hydrogens (primary N) is 1. The number of piperidine rings is 1. The Morgan fingerprint density at radius 3 is 2.00 bits per heavy atom. The number of rotatable bonds is 45. The summed E-state index contributed by atoms with van der Waals surface area (Å²) in [5.41, 5.74) is 8.31. The lowest BCUT2D eigenvalue weighted by Gasteiger charge is -2.63. The lowest BCUT2D eigenvalue weighted by atomic mass is 9.47. The molecule has 4 aromatic carbocycles. The van der Waals surface area contributed by atoms with E-state index in [9.17, 15) is 97.8 Å². The van der Waals surface area contributed by atoms with Crippen LogP contribution in [0.3, 0.4) is 0 Å². The Morgan fingerprint density at radius 1 is 0.705 bits per heavy atom. The van der Waals surface area contributed by atoms with Gasteiger partial charge >= 0.3 is 42.2 Å². The Hall–Kier alpha value is -11.6. The van der Waals surface area contributed by atoms with Crippen LogP contribution >= 0.6 is 21.6 Å². The van der Waals surface area contributed by atoms with Crippen LogP contribution < -0.4 is 52.6 Å². The average molecular weight is 1880 g/mol. The number of nitrogens with one attached hydrogen (secondary N) is 8. The summed E-state index contributed by atoms with van der Waals surface area (Å²) in [6, 6.07) is 22.1. The molecular weight excluding hydrogens is 1750 g/mol. The third-order valence-electron chi connectivity index (χ3n) is 26.5. The maximum atomic E-state index is 14.7. The first-order valence-corrected chi connectivity index (χ1v) is 46.6. The quantitative estimate of drug-likeness (QED) is 0.00652. The van der Waals surface area contributed by atoms with E-state index in [2.05, 4.69) is 114 Å². The standard InChI is InChI=1S/C46H61N7O17S2.C45H59N5O7.CO2/c1-2-71-72-25-30(44(65)66)22-36(56)34(23-41(61)62)51-43(64)31(47)24-49-42(63)29(19-27-9-5-3-6-10-27)21-35(55)33(20-28-11-7-4-8-12-28)50-38(58)17-18-48-37(57)14-13-32(45(67)68)52-46(69)53-39(70-26-54)15-16-40(59)60;1-7-42(54)17-13-22-50(27-42)23-16-29-28-14-10-11-15-32(28)47-36(29)41(50,4)31-24-30-33(25-34(31)56-6)48(5)38-44(30)19-21-49-20-12-18-43(8-2,37(44)49)39(52)45(38,55)35(51)26-46-40(53)57-9-3;2-1-3/h3-12,26,29-34,39H,2,13-25,47H2,1H3,(H,48,57)(H,49,63)(H,50,58)(H,51,64)(H,59,60)(H,61,62)(H,65,66)(H,67,68)(H2,52,53,69);10-12,14-15,18,24-25,37-39,47,52,54-55H,7-9,13,16-17,19-23,26-27H2,1-6H3;/p+1/t29-,30+,31+,32+,33+,34+,39-;37-,38?,39+,41+,42-,43+,44+,45-,50?;/m10./s1. The molecule has 1 saturated carbocycles. The Kier molecular flexibility index (Phi) is 36.8. The predicted molar refractivity (Wildman–Crippen MR) is 482 cm³/mol. The molecule has 1 aromatic heterocycles. The molecule has 38 nitrogen and oxygen atoms in total. The fraction of sp³-hybridized carbons (Fsp3) is 0.533. The zero-order valence-electron chi connectivity index (χ0n) is 75.0. The molecule has 7 amide bonds. The van der Waals surface area contributed by atoms with Crippen molar-refractivity contribution in [3.8, 4) is 5.75 Å².